The Kier molecular flexibility index (Phi) is 3.40. The van der Waals surface area contributed by atoms with Crippen molar-refractivity contribution in [1.29, 1.82) is 5.26 Å². The maximum absolute atomic E-state index is 11.3. The summed E-state index contributed by atoms with van der Waals surface area (Å²) in [7, 11) is 0. The van der Waals surface area contributed by atoms with Gasteiger partial charge in [0.25, 0.3) is 5.91 Å². The number of H-pyrrole nitrogens is 1. The van der Waals surface area contributed by atoms with Crippen molar-refractivity contribution in [2.45, 2.75) is 6.42 Å². The standard InChI is InChI=1S/C8H8N4O3/c9-2-1-3-10-7(13)5-6(8(14)15)12-4-11-5/h4H,1,3H2,(H,10,13)(H,11,12)(H,14,15). The third kappa shape index (κ3) is 2.54. The van der Waals surface area contributed by atoms with Crippen LogP contribution in [0.15, 0.2) is 6.33 Å². The second-order valence-corrected chi connectivity index (χ2v) is 2.60. The number of hydrogen-bond acceptors (Lipinski definition) is 4. The van der Waals surface area contributed by atoms with E-state index in [-0.39, 0.29) is 24.4 Å². The second kappa shape index (κ2) is 4.76. The van der Waals surface area contributed by atoms with Crippen LogP contribution in [-0.4, -0.2) is 33.5 Å². The molecule has 1 aromatic rings. The molecule has 0 saturated carbocycles. The van der Waals surface area contributed by atoms with E-state index >= 15 is 0 Å². The van der Waals surface area contributed by atoms with Gasteiger partial charge in [-0.1, -0.05) is 0 Å². The Morgan fingerprint density at radius 1 is 1.67 bits per heavy atom. The minimum Gasteiger partial charge on any atom is -0.477 e. The molecule has 0 aliphatic heterocycles. The Bertz CT molecular complexity index is 418. The second-order valence-electron chi connectivity index (χ2n) is 2.60. The Morgan fingerprint density at radius 3 is 3.00 bits per heavy atom. The number of imidazole rings is 1. The van der Waals surface area contributed by atoms with Crippen molar-refractivity contribution < 1.29 is 14.7 Å². The zero-order valence-corrected chi connectivity index (χ0v) is 7.65. The Labute approximate surface area is 84.7 Å². The Hall–Kier alpha value is -2.36. The maximum Gasteiger partial charge on any atom is 0.354 e. The van der Waals surface area contributed by atoms with Crippen LogP contribution in [0, 0.1) is 11.3 Å². The summed E-state index contributed by atoms with van der Waals surface area (Å²) in [5.74, 6) is -1.86. The summed E-state index contributed by atoms with van der Waals surface area (Å²) in [5, 5.41) is 19.3. The van der Waals surface area contributed by atoms with E-state index < -0.39 is 11.9 Å². The quantitative estimate of drug-likeness (QED) is 0.589. The van der Waals surface area contributed by atoms with Crippen LogP contribution < -0.4 is 5.32 Å². The van der Waals surface area contributed by atoms with E-state index in [4.69, 9.17) is 10.4 Å². The highest BCUT2D eigenvalue weighted by Crippen LogP contribution is 2.02. The first-order valence-corrected chi connectivity index (χ1v) is 4.08. The molecule has 0 aliphatic rings. The van der Waals surface area contributed by atoms with E-state index in [2.05, 4.69) is 15.3 Å². The summed E-state index contributed by atoms with van der Waals surface area (Å²) in [6, 6.07) is 1.85. The van der Waals surface area contributed by atoms with E-state index in [0.29, 0.717) is 0 Å². The number of rotatable bonds is 4. The fraction of sp³-hybridized carbons (Fsp3) is 0.250. The first-order valence-electron chi connectivity index (χ1n) is 4.08. The van der Waals surface area contributed by atoms with Gasteiger partial charge >= 0.3 is 5.97 Å². The number of nitriles is 1. The molecule has 1 amide bonds. The van der Waals surface area contributed by atoms with E-state index in [1.54, 1.807) is 0 Å². The Morgan fingerprint density at radius 2 is 2.40 bits per heavy atom. The lowest BCUT2D eigenvalue weighted by atomic mass is 10.3. The fourth-order valence-electron chi connectivity index (χ4n) is 0.945. The SMILES string of the molecule is N#CCCNC(=O)c1nc[nH]c1C(=O)O. The lowest BCUT2D eigenvalue weighted by molar-refractivity contribution is 0.0685. The zero-order valence-electron chi connectivity index (χ0n) is 7.65. The molecule has 0 atom stereocenters. The van der Waals surface area contributed by atoms with Crippen molar-refractivity contribution in [2.24, 2.45) is 0 Å². The molecule has 0 saturated heterocycles. The lowest BCUT2D eigenvalue weighted by Gasteiger charge is -1.99. The third-order valence-electron chi connectivity index (χ3n) is 1.59. The molecule has 15 heavy (non-hydrogen) atoms. The molecule has 0 aromatic carbocycles. The van der Waals surface area contributed by atoms with Crippen molar-refractivity contribution in [3.63, 3.8) is 0 Å². The molecule has 78 valence electrons. The minimum atomic E-state index is -1.25. The van der Waals surface area contributed by atoms with Crippen LogP contribution in [-0.2, 0) is 0 Å². The number of nitrogens with zero attached hydrogens (tertiary/aromatic N) is 2. The van der Waals surface area contributed by atoms with Gasteiger partial charge in [0.1, 0.15) is 0 Å². The molecule has 7 heteroatoms. The summed E-state index contributed by atoms with van der Waals surface area (Å²) < 4.78 is 0. The average Bonchev–Trinajstić information content (AvgIpc) is 2.66. The smallest absolute Gasteiger partial charge is 0.354 e. The fourth-order valence-corrected chi connectivity index (χ4v) is 0.945. The van der Waals surface area contributed by atoms with Crippen LogP contribution in [0.5, 0.6) is 0 Å². The molecule has 1 heterocycles. The van der Waals surface area contributed by atoms with Crippen molar-refractivity contribution in [3.8, 4) is 6.07 Å². The molecule has 0 fully saturated rings. The van der Waals surface area contributed by atoms with Crippen molar-refractivity contribution in [2.75, 3.05) is 6.54 Å². The molecule has 0 radical (unpaired) electrons. The van der Waals surface area contributed by atoms with Gasteiger partial charge < -0.3 is 15.4 Å². The van der Waals surface area contributed by atoms with Gasteiger partial charge in [-0.2, -0.15) is 5.26 Å². The van der Waals surface area contributed by atoms with Gasteiger partial charge in [-0.25, -0.2) is 9.78 Å². The molecule has 0 unspecified atom stereocenters. The molecular weight excluding hydrogens is 200 g/mol. The highest BCUT2D eigenvalue weighted by atomic mass is 16.4. The summed E-state index contributed by atoms with van der Waals surface area (Å²) in [6.07, 6.45) is 1.29. The first-order chi connectivity index (χ1) is 7.16. The van der Waals surface area contributed by atoms with Crippen LogP contribution in [0.2, 0.25) is 0 Å². The van der Waals surface area contributed by atoms with Crippen LogP contribution in [0.1, 0.15) is 27.4 Å². The number of carbonyl (C=O) groups excluding carboxylic acids is 1. The predicted octanol–water partition coefficient (Wildman–Crippen LogP) is -0.249. The molecular formula is C8H8N4O3. The van der Waals surface area contributed by atoms with Crippen molar-refractivity contribution >= 4 is 11.9 Å². The zero-order chi connectivity index (χ0) is 11.3. The molecule has 3 N–H and O–H groups in total. The number of amides is 1. The van der Waals surface area contributed by atoms with Gasteiger partial charge in [0.15, 0.2) is 11.4 Å². The molecule has 7 nitrogen and oxygen atoms in total. The number of aromatic nitrogens is 2. The summed E-state index contributed by atoms with van der Waals surface area (Å²) in [4.78, 5) is 27.9. The molecule has 1 aromatic heterocycles. The topological polar surface area (TPSA) is 119 Å². The first kappa shape index (κ1) is 10.7. The summed E-state index contributed by atoms with van der Waals surface area (Å²) in [6.45, 7) is 0.168. The number of aromatic amines is 1. The number of nitrogens with one attached hydrogen (secondary N) is 2. The number of carbonyl (C=O) groups is 2. The van der Waals surface area contributed by atoms with Crippen LogP contribution in [0.4, 0.5) is 0 Å². The van der Waals surface area contributed by atoms with Crippen molar-refractivity contribution in [3.05, 3.63) is 17.7 Å². The Balaban J connectivity index is 2.70. The minimum absolute atomic E-state index is 0.165. The summed E-state index contributed by atoms with van der Waals surface area (Å²) in [5.41, 5.74) is -0.440. The van der Waals surface area contributed by atoms with Gasteiger partial charge in [0.2, 0.25) is 0 Å². The average molecular weight is 208 g/mol. The van der Waals surface area contributed by atoms with E-state index in [1.807, 2.05) is 6.07 Å². The number of carboxylic acids is 1. The molecule has 1 rings (SSSR count). The lowest BCUT2D eigenvalue weighted by Crippen LogP contribution is -2.26. The van der Waals surface area contributed by atoms with Gasteiger partial charge in [0, 0.05) is 6.54 Å². The van der Waals surface area contributed by atoms with Crippen LogP contribution in [0.25, 0.3) is 0 Å². The predicted molar refractivity (Wildman–Crippen MR) is 48.1 cm³/mol. The third-order valence-corrected chi connectivity index (χ3v) is 1.59. The maximum atomic E-state index is 11.3. The highest BCUT2D eigenvalue weighted by Gasteiger charge is 2.18. The van der Waals surface area contributed by atoms with Crippen LogP contribution >= 0.6 is 0 Å². The molecule has 0 spiro atoms. The van der Waals surface area contributed by atoms with E-state index in [0.717, 1.165) is 6.33 Å². The number of carboxylic acid groups (broad SMARTS) is 1. The van der Waals surface area contributed by atoms with Gasteiger partial charge in [-0.05, 0) is 0 Å². The largest absolute Gasteiger partial charge is 0.477 e. The van der Waals surface area contributed by atoms with Gasteiger partial charge in [-0.3, -0.25) is 4.79 Å². The van der Waals surface area contributed by atoms with Crippen molar-refractivity contribution in [1.82, 2.24) is 15.3 Å². The molecule has 0 bridgehead atoms. The van der Waals surface area contributed by atoms with Gasteiger partial charge in [0.05, 0.1) is 18.8 Å². The number of aromatic carboxylic acids is 1. The van der Waals surface area contributed by atoms with Gasteiger partial charge in [-0.15, -0.1) is 0 Å². The van der Waals surface area contributed by atoms with E-state index in [9.17, 15) is 9.59 Å². The highest BCUT2D eigenvalue weighted by molar-refractivity contribution is 6.02. The molecule has 0 aliphatic carbocycles. The van der Waals surface area contributed by atoms with Crippen LogP contribution in [0.3, 0.4) is 0 Å². The van der Waals surface area contributed by atoms with E-state index in [1.165, 1.54) is 0 Å². The monoisotopic (exact) mass is 208 g/mol. The normalized spacial score (nSPS) is 9.27. The number of hydrogen-bond donors (Lipinski definition) is 3. The summed E-state index contributed by atoms with van der Waals surface area (Å²) >= 11 is 0.